The summed E-state index contributed by atoms with van der Waals surface area (Å²) < 4.78 is 19.6. The summed E-state index contributed by atoms with van der Waals surface area (Å²) in [4.78, 5) is 3.89. The molecule has 1 heterocycles. The minimum atomic E-state index is -0.626. The number of rotatable bonds is 3. The van der Waals surface area contributed by atoms with E-state index < -0.39 is 5.82 Å². The van der Waals surface area contributed by atoms with Gasteiger partial charge in [0, 0.05) is 11.8 Å². The zero-order valence-electron chi connectivity index (χ0n) is 12.8. The second-order valence-corrected chi connectivity index (χ2v) is 6.08. The molecular formula is C17H20FNO2. The molecule has 0 aliphatic carbocycles. The molecule has 1 aromatic carbocycles. The van der Waals surface area contributed by atoms with Gasteiger partial charge < -0.3 is 9.84 Å². The van der Waals surface area contributed by atoms with Gasteiger partial charge in [0.05, 0.1) is 6.61 Å². The quantitative estimate of drug-likeness (QED) is 0.924. The normalized spacial score (nSPS) is 11.5. The molecule has 0 fully saturated rings. The number of pyridine rings is 1. The van der Waals surface area contributed by atoms with Crippen molar-refractivity contribution < 1.29 is 14.2 Å². The Morgan fingerprint density at radius 2 is 1.95 bits per heavy atom. The van der Waals surface area contributed by atoms with E-state index in [1.54, 1.807) is 0 Å². The average Bonchev–Trinajstić information content (AvgIpc) is 2.42. The van der Waals surface area contributed by atoms with E-state index in [0.717, 1.165) is 5.56 Å². The fraction of sp³-hybridized carbons (Fsp3) is 0.353. The van der Waals surface area contributed by atoms with Crippen LogP contribution < -0.4 is 4.74 Å². The molecule has 2 aromatic rings. The molecule has 112 valence electrons. The number of ether oxygens (including phenoxy) is 1. The lowest BCUT2D eigenvalue weighted by Gasteiger charge is -2.20. The molecule has 0 saturated heterocycles. The van der Waals surface area contributed by atoms with Crippen LogP contribution >= 0.6 is 0 Å². The first-order valence-electron chi connectivity index (χ1n) is 6.86. The van der Waals surface area contributed by atoms with Crippen molar-refractivity contribution in [1.82, 2.24) is 4.98 Å². The lowest BCUT2D eigenvalue weighted by Crippen LogP contribution is -2.11. The third-order valence-corrected chi connectivity index (χ3v) is 3.36. The number of aliphatic hydroxyl groups excluding tert-OH is 1. The summed E-state index contributed by atoms with van der Waals surface area (Å²) in [5.41, 5.74) is 2.32. The third-order valence-electron chi connectivity index (χ3n) is 3.36. The maximum Gasteiger partial charge on any atom is 0.256 e. The van der Waals surface area contributed by atoms with Gasteiger partial charge in [-0.05, 0) is 35.6 Å². The minimum absolute atomic E-state index is 0.0452. The van der Waals surface area contributed by atoms with Crippen LogP contribution in [0.25, 0.3) is 0 Å². The molecule has 3 nitrogen and oxygen atoms in total. The second kappa shape index (κ2) is 5.82. The molecule has 0 atom stereocenters. The summed E-state index contributed by atoms with van der Waals surface area (Å²) >= 11 is 0. The molecule has 1 aromatic heterocycles. The lowest BCUT2D eigenvalue weighted by atomic mass is 9.86. The van der Waals surface area contributed by atoms with Crippen LogP contribution in [0.5, 0.6) is 11.6 Å². The third kappa shape index (κ3) is 3.39. The highest BCUT2D eigenvalue weighted by atomic mass is 19.1. The zero-order chi connectivity index (χ0) is 15.6. The molecular weight excluding hydrogens is 269 g/mol. The van der Waals surface area contributed by atoms with E-state index in [1.807, 2.05) is 25.1 Å². The number of aromatic nitrogens is 1. The van der Waals surface area contributed by atoms with Gasteiger partial charge in [0.1, 0.15) is 5.75 Å². The first kappa shape index (κ1) is 15.4. The molecule has 0 amide bonds. The lowest BCUT2D eigenvalue weighted by molar-refractivity contribution is 0.273. The Bertz CT molecular complexity index is 648. The number of hydrogen-bond donors (Lipinski definition) is 1. The Labute approximate surface area is 124 Å². The topological polar surface area (TPSA) is 42.4 Å². The number of aliphatic hydroxyl groups is 1. The standard InChI is InChI=1S/C17H20FNO2/c1-11-9-13(17(2,3)4)5-6-14(11)21-16-15(18)12(10-20)7-8-19-16/h5-9,20H,10H2,1-4H3. The van der Waals surface area contributed by atoms with Crippen molar-refractivity contribution in [2.24, 2.45) is 0 Å². The van der Waals surface area contributed by atoms with Gasteiger partial charge in [0.2, 0.25) is 0 Å². The highest BCUT2D eigenvalue weighted by Crippen LogP contribution is 2.31. The number of hydrogen-bond acceptors (Lipinski definition) is 3. The average molecular weight is 289 g/mol. The minimum Gasteiger partial charge on any atom is -0.436 e. The van der Waals surface area contributed by atoms with Crippen LogP contribution in [0.15, 0.2) is 30.5 Å². The first-order valence-corrected chi connectivity index (χ1v) is 6.86. The molecule has 21 heavy (non-hydrogen) atoms. The molecule has 0 unspecified atom stereocenters. The summed E-state index contributed by atoms with van der Waals surface area (Å²) in [5, 5.41) is 9.07. The molecule has 0 saturated carbocycles. The maximum absolute atomic E-state index is 14.0. The van der Waals surface area contributed by atoms with E-state index in [4.69, 9.17) is 9.84 Å². The van der Waals surface area contributed by atoms with Crippen LogP contribution in [-0.4, -0.2) is 10.1 Å². The summed E-state index contributed by atoms with van der Waals surface area (Å²) in [6, 6.07) is 7.25. The largest absolute Gasteiger partial charge is 0.436 e. The predicted octanol–water partition coefficient (Wildman–Crippen LogP) is 4.11. The highest BCUT2D eigenvalue weighted by molar-refractivity contribution is 5.41. The van der Waals surface area contributed by atoms with Crippen LogP contribution in [0.3, 0.4) is 0 Å². The summed E-state index contributed by atoms with van der Waals surface area (Å²) in [5.74, 6) is -0.183. The van der Waals surface area contributed by atoms with Crippen LogP contribution in [-0.2, 0) is 12.0 Å². The Balaban J connectivity index is 2.33. The molecule has 0 aliphatic rings. The summed E-state index contributed by atoms with van der Waals surface area (Å²) in [7, 11) is 0. The first-order chi connectivity index (χ1) is 9.82. The van der Waals surface area contributed by atoms with Crippen molar-refractivity contribution in [2.45, 2.75) is 39.7 Å². The fourth-order valence-corrected chi connectivity index (χ4v) is 1.99. The molecule has 0 radical (unpaired) electrons. The van der Waals surface area contributed by atoms with Gasteiger partial charge in [-0.1, -0.05) is 32.9 Å². The number of aryl methyl sites for hydroxylation is 1. The predicted molar refractivity (Wildman–Crippen MR) is 80.1 cm³/mol. The number of benzene rings is 1. The number of halogens is 1. The van der Waals surface area contributed by atoms with Gasteiger partial charge >= 0.3 is 0 Å². The zero-order valence-corrected chi connectivity index (χ0v) is 12.8. The SMILES string of the molecule is Cc1cc(C(C)(C)C)ccc1Oc1nccc(CO)c1F. The Morgan fingerprint density at radius 1 is 1.24 bits per heavy atom. The molecule has 1 N–H and O–H groups in total. The smallest absolute Gasteiger partial charge is 0.256 e. The highest BCUT2D eigenvalue weighted by Gasteiger charge is 2.16. The number of nitrogens with zero attached hydrogens (tertiary/aromatic N) is 1. The molecule has 0 spiro atoms. The monoisotopic (exact) mass is 289 g/mol. The van der Waals surface area contributed by atoms with Crippen molar-refractivity contribution in [3.63, 3.8) is 0 Å². The Kier molecular flexibility index (Phi) is 4.28. The van der Waals surface area contributed by atoms with Crippen molar-refractivity contribution >= 4 is 0 Å². The maximum atomic E-state index is 14.0. The van der Waals surface area contributed by atoms with Crippen LogP contribution in [0.2, 0.25) is 0 Å². The van der Waals surface area contributed by atoms with Crippen molar-refractivity contribution in [1.29, 1.82) is 0 Å². The van der Waals surface area contributed by atoms with Gasteiger partial charge in [0.25, 0.3) is 5.88 Å². The molecule has 0 bridgehead atoms. The van der Waals surface area contributed by atoms with Crippen LogP contribution in [0.4, 0.5) is 4.39 Å². The Morgan fingerprint density at radius 3 is 2.52 bits per heavy atom. The summed E-state index contributed by atoms with van der Waals surface area (Å²) in [6.07, 6.45) is 1.42. The summed E-state index contributed by atoms with van der Waals surface area (Å²) in [6.45, 7) is 7.93. The van der Waals surface area contributed by atoms with Gasteiger partial charge in [-0.3, -0.25) is 0 Å². The van der Waals surface area contributed by atoms with Crippen LogP contribution in [0.1, 0.15) is 37.5 Å². The van der Waals surface area contributed by atoms with E-state index in [2.05, 4.69) is 25.8 Å². The molecule has 4 heteroatoms. The Hall–Kier alpha value is -1.94. The van der Waals surface area contributed by atoms with Crippen LogP contribution in [0, 0.1) is 12.7 Å². The van der Waals surface area contributed by atoms with Gasteiger partial charge in [0.15, 0.2) is 5.82 Å². The molecule has 0 aliphatic heterocycles. The molecule has 2 rings (SSSR count). The van der Waals surface area contributed by atoms with Gasteiger partial charge in [-0.2, -0.15) is 0 Å². The van der Waals surface area contributed by atoms with E-state index in [-0.39, 0.29) is 23.5 Å². The van der Waals surface area contributed by atoms with Crippen molar-refractivity contribution in [3.8, 4) is 11.6 Å². The van der Waals surface area contributed by atoms with E-state index in [1.165, 1.54) is 17.8 Å². The fourth-order valence-electron chi connectivity index (χ4n) is 1.99. The van der Waals surface area contributed by atoms with Gasteiger partial charge in [-0.25, -0.2) is 9.37 Å². The van der Waals surface area contributed by atoms with Gasteiger partial charge in [-0.15, -0.1) is 0 Å². The van der Waals surface area contributed by atoms with Crippen molar-refractivity contribution in [3.05, 3.63) is 53.0 Å². The second-order valence-electron chi connectivity index (χ2n) is 6.08. The van der Waals surface area contributed by atoms with E-state index in [0.29, 0.717) is 5.75 Å². The van der Waals surface area contributed by atoms with Crippen molar-refractivity contribution in [2.75, 3.05) is 0 Å². The van der Waals surface area contributed by atoms with E-state index in [9.17, 15) is 4.39 Å². The van der Waals surface area contributed by atoms with E-state index >= 15 is 0 Å².